The first kappa shape index (κ1) is 15.5. The van der Waals surface area contributed by atoms with Crippen LogP contribution in [-0.2, 0) is 4.79 Å². The quantitative estimate of drug-likeness (QED) is 0.774. The number of hydrogen-bond acceptors (Lipinski definition) is 2. The topological polar surface area (TPSA) is 20.3 Å². The maximum absolute atomic E-state index is 12.4. The van der Waals surface area contributed by atoms with E-state index in [0.717, 1.165) is 29.4 Å². The molecule has 0 aromatic heterocycles. The van der Waals surface area contributed by atoms with Crippen molar-refractivity contribution in [2.24, 2.45) is 5.92 Å². The Morgan fingerprint density at radius 1 is 1.45 bits per heavy atom. The van der Waals surface area contributed by atoms with Gasteiger partial charge in [0.15, 0.2) is 5.78 Å². The summed E-state index contributed by atoms with van der Waals surface area (Å²) in [5.41, 5.74) is 2.26. The van der Waals surface area contributed by atoms with Gasteiger partial charge in [0.25, 0.3) is 0 Å². The standard InChI is InChI=1S/C17H22BrNO/c1-12(13-5-4-6-16(18)10-13)9-14-7-8-15(17(14)20)11-19(2)3/h4-6,9-10,12,15H,7-8,11H2,1-3H3/b14-9+. The van der Waals surface area contributed by atoms with E-state index in [1.807, 2.05) is 26.2 Å². The summed E-state index contributed by atoms with van der Waals surface area (Å²) in [6.45, 7) is 3.02. The molecule has 0 N–H and O–H groups in total. The Kier molecular flexibility index (Phi) is 5.17. The maximum Gasteiger partial charge on any atom is 0.162 e. The molecule has 2 unspecified atom stereocenters. The fourth-order valence-electron chi connectivity index (χ4n) is 2.81. The van der Waals surface area contributed by atoms with E-state index in [9.17, 15) is 4.79 Å². The molecule has 1 saturated carbocycles. The van der Waals surface area contributed by atoms with Crippen LogP contribution in [0.2, 0.25) is 0 Å². The van der Waals surface area contributed by atoms with Crippen LogP contribution in [-0.4, -0.2) is 31.3 Å². The van der Waals surface area contributed by atoms with Gasteiger partial charge in [-0.3, -0.25) is 4.79 Å². The van der Waals surface area contributed by atoms with Crippen LogP contribution < -0.4 is 0 Å². The molecule has 0 radical (unpaired) electrons. The third-order valence-electron chi connectivity index (χ3n) is 3.86. The summed E-state index contributed by atoms with van der Waals surface area (Å²) in [7, 11) is 4.05. The van der Waals surface area contributed by atoms with Gasteiger partial charge in [-0.15, -0.1) is 0 Å². The molecule has 0 saturated heterocycles. The van der Waals surface area contributed by atoms with Gasteiger partial charge < -0.3 is 4.90 Å². The molecule has 1 aliphatic carbocycles. The summed E-state index contributed by atoms with van der Waals surface area (Å²) < 4.78 is 1.09. The van der Waals surface area contributed by atoms with Crippen LogP contribution in [0.5, 0.6) is 0 Å². The zero-order valence-corrected chi connectivity index (χ0v) is 14.0. The summed E-state index contributed by atoms with van der Waals surface area (Å²) >= 11 is 3.50. The van der Waals surface area contributed by atoms with E-state index in [0.29, 0.717) is 5.78 Å². The summed E-state index contributed by atoms with van der Waals surface area (Å²) in [6, 6.07) is 8.30. The normalized spacial score (nSPS) is 22.8. The minimum absolute atomic E-state index is 0.186. The Balaban J connectivity index is 2.10. The van der Waals surface area contributed by atoms with Gasteiger partial charge in [0, 0.05) is 16.9 Å². The van der Waals surface area contributed by atoms with Crippen molar-refractivity contribution in [3.05, 3.63) is 46.0 Å². The highest BCUT2D eigenvalue weighted by Crippen LogP contribution is 2.30. The first-order chi connectivity index (χ1) is 9.47. The third kappa shape index (κ3) is 3.80. The van der Waals surface area contributed by atoms with Crippen molar-refractivity contribution >= 4 is 21.7 Å². The number of carbonyl (C=O) groups excluding carboxylic acids is 1. The summed E-state index contributed by atoms with van der Waals surface area (Å²) in [6.07, 6.45) is 4.07. The highest BCUT2D eigenvalue weighted by molar-refractivity contribution is 9.10. The monoisotopic (exact) mass is 335 g/mol. The zero-order chi connectivity index (χ0) is 14.7. The minimum Gasteiger partial charge on any atom is -0.309 e. The van der Waals surface area contributed by atoms with E-state index in [1.54, 1.807) is 0 Å². The van der Waals surface area contributed by atoms with Crippen molar-refractivity contribution < 1.29 is 4.79 Å². The fraction of sp³-hybridized carbons (Fsp3) is 0.471. The molecule has 0 bridgehead atoms. The number of allylic oxidation sites excluding steroid dienone is 2. The Hall–Kier alpha value is -0.930. The van der Waals surface area contributed by atoms with Crippen LogP contribution in [0.1, 0.15) is 31.2 Å². The molecule has 1 aliphatic rings. The molecule has 0 aliphatic heterocycles. The van der Waals surface area contributed by atoms with Gasteiger partial charge in [0.05, 0.1) is 0 Å². The van der Waals surface area contributed by atoms with Crippen molar-refractivity contribution in [3.63, 3.8) is 0 Å². The first-order valence-corrected chi connectivity index (χ1v) is 7.91. The molecule has 2 nitrogen and oxygen atoms in total. The number of halogens is 1. The molecule has 1 aromatic carbocycles. The van der Waals surface area contributed by atoms with Gasteiger partial charge in [-0.25, -0.2) is 0 Å². The molecule has 2 rings (SSSR count). The lowest BCUT2D eigenvalue weighted by molar-refractivity contribution is -0.118. The largest absolute Gasteiger partial charge is 0.309 e. The number of carbonyl (C=O) groups is 1. The molecule has 0 spiro atoms. The first-order valence-electron chi connectivity index (χ1n) is 7.12. The predicted molar refractivity (Wildman–Crippen MR) is 86.9 cm³/mol. The van der Waals surface area contributed by atoms with Crippen LogP contribution in [0, 0.1) is 5.92 Å². The van der Waals surface area contributed by atoms with Gasteiger partial charge in [0.2, 0.25) is 0 Å². The number of hydrogen-bond donors (Lipinski definition) is 0. The third-order valence-corrected chi connectivity index (χ3v) is 4.35. The number of nitrogens with zero attached hydrogens (tertiary/aromatic N) is 1. The lowest BCUT2D eigenvalue weighted by Gasteiger charge is -2.14. The Bertz CT molecular complexity index is 521. The second-order valence-corrected chi connectivity index (χ2v) is 6.81. The zero-order valence-electron chi connectivity index (χ0n) is 12.4. The summed E-state index contributed by atoms with van der Waals surface area (Å²) in [5.74, 6) is 0.816. The molecule has 0 heterocycles. The van der Waals surface area contributed by atoms with E-state index in [-0.39, 0.29) is 11.8 Å². The van der Waals surface area contributed by atoms with Crippen molar-refractivity contribution in [3.8, 4) is 0 Å². The average Bonchev–Trinajstić information content (AvgIpc) is 2.71. The maximum atomic E-state index is 12.4. The van der Waals surface area contributed by atoms with Gasteiger partial charge >= 0.3 is 0 Å². The molecule has 3 heteroatoms. The summed E-state index contributed by atoms with van der Waals surface area (Å²) in [5, 5.41) is 0. The Labute approximate surface area is 130 Å². The Morgan fingerprint density at radius 3 is 2.85 bits per heavy atom. The molecular weight excluding hydrogens is 314 g/mol. The van der Waals surface area contributed by atoms with Crippen LogP contribution in [0.3, 0.4) is 0 Å². The number of ketones is 1. The van der Waals surface area contributed by atoms with Crippen molar-refractivity contribution in [1.29, 1.82) is 0 Å². The van der Waals surface area contributed by atoms with Crippen LogP contribution in [0.25, 0.3) is 0 Å². The summed E-state index contributed by atoms with van der Waals surface area (Å²) in [4.78, 5) is 14.5. The van der Waals surface area contributed by atoms with Crippen molar-refractivity contribution in [2.75, 3.05) is 20.6 Å². The van der Waals surface area contributed by atoms with Crippen LogP contribution in [0.4, 0.5) is 0 Å². The van der Waals surface area contributed by atoms with E-state index >= 15 is 0 Å². The molecule has 0 amide bonds. The lowest BCUT2D eigenvalue weighted by Crippen LogP contribution is -2.24. The van der Waals surface area contributed by atoms with E-state index in [1.165, 1.54) is 5.56 Å². The molecule has 1 aromatic rings. The van der Waals surface area contributed by atoms with Gasteiger partial charge in [-0.1, -0.05) is 41.1 Å². The predicted octanol–water partition coefficient (Wildman–Crippen LogP) is 4.02. The van der Waals surface area contributed by atoms with Gasteiger partial charge in [-0.05, 0) is 56.1 Å². The van der Waals surface area contributed by atoms with Crippen LogP contribution in [0.15, 0.2) is 40.4 Å². The van der Waals surface area contributed by atoms with Crippen molar-refractivity contribution in [2.45, 2.75) is 25.7 Å². The molecule has 108 valence electrons. The van der Waals surface area contributed by atoms with Gasteiger partial charge in [0.1, 0.15) is 0 Å². The smallest absolute Gasteiger partial charge is 0.162 e. The Morgan fingerprint density at radius 2 is 2.20 bits per heavy atom. The second kappa shape index (κ2) is 6.68. The van der Waals surface area contributed by atoms with E-state index < -0.39 is 0 Å². The average molecular weight is 336 g/mol. The minimum atomic E-state index is 0.186. The van der Waals surface area contributed by atoms with E-state index in [2.05, 4.69) is 46.0 Å². The number of Topliss-reactive ketones (excluding diaryl/α,β-unsaturated/α-hetero) is 1. The highest BCUT2D eigenvalue weighted by atomic mass is 79.9. The molecule has 20 heavy (non-hydrogen) atoms. The van der Waals surface area contributed by atoms with E-state index in [4.69, 9.17) is 0 Å². The highest BCUT2D eigenvalue weighted by Gasteiger charge is 2.29. The lowest BCUT2D eigenvalue weighted by atomic mass is 9.97. The number of rotatable bonds is 4. The SMILES string of the molecule is CC(/C=C1\CCC(CN(C)C)C1=O)c1cccc(Br)c1. The van der Waals surface area contributed by atoms with Crippen molar-refractivity contribution in [1.82, 2.24) is 4.90 Å². The van der Waals surface area contributed by atoms with Crippen LogP contribution >= 0.6 is 15.9 Å². The molecule has 2 atom stereocenters. The number of benzene rings is 1. The molecular formula is C17H22BrNO. The fourth-order valence-corrected chi connectivity index (χ4v) is 3.23. The second-order valence-electron chi connectivity index (χ2n) is 5.90. The molecule has 1 fully saturated rings. The van der Waals surface area contributed by atoms with Gasteiger partial charge in [-0.2, -0.15) is 0 Å².